The van der Waals surface area contributed by atoms with Crippen LogP contribution in [-0.4, -0.2) is 29.5 Å². The van der Waals surface area contributed by atoms with E-state index in [1.54, 1.807) is 76.0 Å². The lowest BCUT2D eigenvalue weighted by atomic mass is 9.99. The van der Waals surface area contributed by atoms with Crippen molar-refractivity contribution in [3.8, 4) is 0 Å². The zero-order valence-electron chi connectivity index (χ0n) is 28.7. The molecule has 0 nitrogen and oxygen atoms in total. The van der Waals surface area contributed by atoms with Crippen LogP contribution in [0.1, 0.15) is 214 Å². The van der Waals surface area contributed by atoms with Gasteiger partial charge in [-0.05, 0) is 63.2 Å². The molecule has 0 N–H and O–H groups in total. The normalized spacial score (nSPS) is 15.4. The molecular formula is C38H78P2. The highest BCUT2D eigenvalue weighted by Crippen LogP contribution is 2.73. The summed E-state index contributed by atoms with van der Waals surface area (Å²) in [4.78, 5) is 0.822. The van der Waals surface area contributed by atoms with Crippen LogP contribution in [0, 0.1) is 0 Å². The van der Waals surface area contributed by atoms with Gasteiger partial charge in [-0.3, -0.25) is 0 Å². The predicted molar refractivity (Wildman–Crippen MR) is 193 cm³/mol. The quantitative estimate of drug-likeness (QED) is 0.0571. The smallest absolute Gasteiger partial charge is 0.0106 e. The van der Waals surface area contributed by atoms with Crippen molar-refractivity contribution in [2.45, 2.75) is 219 Å². The van der Waals surface area contributed by atoms with Gasteiger partial charge in [0.05, 0.1) is 0 Å². The van der Waals surface area contributed by atoms with Crippen molar-refractivity contribution >= 4 is 15.8 Å². The van der Waals surface area contributed by atoms with E-state index in [0.29, 0.717) is 0 Å². The first-order chi connectivity index (χ1) is 19.7. The summed E-state index contributed by atoms with van der Waals surface area (Å²) in [5, 5.41) is 0. The summed E-state index contributed by atoms with van der Waals surface area (Å²) in [5.41, 5.74) is 0. The summed E-state index contributed by atoms with van der Waals surface area (Å²) in [7, 11) is 0.434. The fourth-order valence-corrected chi connectivity index (χ4v) is 16.6. The first-order valence-corrected chi connectivity index (χ1v) is 22.7. The molecule has 2 heteroatoms. The second kappa shape index (κ2) is 28.6. The molecule has 0 aromatic carbocycles. The second-order valence-corrected chi connectivity index (χ2v) is 19.6. The molecule has 1 fully saturated rings. The molecule has 0 unspecified atom stereocenters. The van der Waals surface area contributed by atoms with E-state index < -0.39 is 0 Å². The molecule has 0 aromatic rings. The van der Waals surface area contributed by atoms with Crippen LogP contribution >= 0.6 is 15.8 Å². The molecule has 0 bridgehead atoms. The van der Waals surface area contributed by atoms with E-state index in [2.05, 4.69) is 27.7 Å². The maximum absolute atomic E-state index is 2.36. The summed E-state index contributed by atoms with van der Waals surface area (Å²) >= 11 is 0. The maximum atomic E-state index is 2.36. The second-order valence-electron chi connectivity index (χ2n) is 13.6. The molecule has 1 rings (SSSR count). The summed E-state index contributed by atoms with van der Waals surface area (Å²) in [6, 6.07) is 0. The largest absolute Gasteiger partial charge is 0.0959 e. The van der Waals surface area contributed by atoms with Crippen LogP contribution in [0.4, 0.5) is 0 Å². The number of unbranched alkanes of at least 4 members (excludes halogenated alkanes) is 20. The summed E-state index contributed by atoms with van der Waals surface area (Å²) < 4.78 is 0. The van der Waals surface area contributed by atoms with Gasteiger partial charge in [0.15, 0.2) is 0 Å². The molecule has 0 saturated heterocycles. The van der Waals surface area contributed by atoms with Crippen molar-refractivity contribution in [2.75, 3.05) is 24.6 Å². The molecule has 1 aliphatic carbocycles. The zero-order valence-corrected chi connectivity index (χ0v) is 30.5. The van der Waals surface area contributed by atoms with Crippen LogP contribution in [-0.2, 0) is 0 Å². The first-order valence-electron chi connectivity index (χ1n) is 19.2. The van der Waals surface area contributed by atoms with Crippen LogP contribution in [0.15, 0.2) is 0 Å². The van der Waals surface area contributed by atoms with Crippen LogP contribution in [0.3, 0.4) is 0 Å². The Balaban J connectivity index is 2.93. The lowest BCUT2D eigenvalue weighted by Gasteiger charge is -2.50. The standard InChI is InChI=1S/C38H78P2/c1-5-9-13-17-21-28-34-39(35-29-22-18-14-10-6-2)38(32-26-25-27-33-38)40(36-30-23-19-15-11-7-3)37-31-24-20-16-12-8-4/h5-37H2,1-4H3. The molecule has 0 aromatic heterocycles. The molecule has 0 aliphatic heterocycles. The van der Waals surface area contributed by atoms with E-state index in [4.69, 9.17) is 0 Å². The maximum Gasteiger partial charge on any atom is 0.0106 e. The average Bonchev–Trinajstić information content (AvgIpc) is 2.98. The Morgan fingerprint density at radius 3 is 0.850 bits per heavy atom. The number of hydrogen-bond acceptors (Lipinski definition) is 0. The molecule has 40 heavy (non-hydrogen) atoms. The van der Waals surface area contributed by atoms with Crippen molar-refractivity contribution < 1.29 is 0 Å². The topological polar surface area (TPSA) is 0 Å². The lowest BCUT2D eigenvalue weighted by molar-refractivity contribution is 0.474. The van der Waals surface area contributed by atoms with Gasteiger partial charge in [-0.25, -0.2) is 0 Å². The van der Waals surface area contributed by atoms with E-state index in [1.807, 2.05) is 0 Å². The Morgan fingerprint density at radius 1 is 0.325 bits per heavy atom. The van der Waals surface area contributed by atoms with Gasteiger partial charge in [-0.1, -0.05) is 191 Å². The van der Waals surface area contributed by atoms with Crippen LogP contribution in [0.2, 0.25) is 0 Å². The monoisotopic (exact) mass is 597 g/mol. The fourth-order valence-electron chi connectivity index (χ4n) is 7.34. The molecule has 240 valence electrons. The lowest BCUT2D eigenvalue weighted by Crippen LogP contribution is -2.32. The highest BCUT2D eigenvalue weighted by molar-refractivity contribution is 7.77. The van der Waals surface area contributed by atoms with Crippen LogP contribution < -0.4 is 0 Å². The number of hydrogen-bond donors (Lipinski definition) is 0. The van der Waals surface area contributed by atoms with E-state index in [0.717, 1.165) is 4.90 Å². The van der Waals surface area contributed by atoms with Gasteiger partial charge in [0.25, 0.3) is 0 Å². The SMILES string of the molecule is CCCCCCCCP(CCCCCCCC)C1(P(CCCCCCCC)CCCCCCCC)CCCCC1. The van der Waals surface area contributed by atoms with Crippen molar-refractivity contribution in [2.24, 2.45) is 0 Å². The minimum Gasteiger partial charge on any atom is -0.0959 e. The molecule has 0 amide bonds. The highest BCUT2D eigenvalue weighted by atomic mass is 31.2. The molecule has 0 atom stereocenters. The average molecular weight is 597 g/mol. The Hall–Kier alpha value is 0.860. The minimum atomic E-state index is 0.217. The Morgan fingerprint density at radius 2 is 0.575 bits per heavy atom. The predicted octanol–water partition coefficient (Wildman–Crippen LogP) is 15.1. The first kappa shape index (κ1) is 38.9. The van der Waals surface area contributed by atoms with Crippen molar-refractivity contribution in [1.82, 2.24) is 0 Å². The van der Waals surface area contributed by atoms with E-state index in [-0.39, 0.29) is 15.8 Å². The molecular weight excluding hydrogens is 518 g/mol. The summed E-state index contributed by atoms with van der Waals surface area (Å²) in [5.74, 6) is 0. The molecule has 1 saturated carbocycles. The van der Waals surface area contributed by atoms with Crippen LogP contribution in [0.25, 0.3) is 0 Å². The highest BCUT2D eigenvalue weighted by Gasteiger charge is 2.44. The van der Waals surface area contributed by atoms with E-state index in [1.165, 1.54) is 135 Å². The van der Waals surface area contributed by atoms with Gasteiger partial charge in [-0.2, -0.15) is 0 Å². The van der Waals surface area contributed by atoms with Gasteiger partial charge in [0.2, 0.25) is 0 Å². The minimum absolute atomic E-state index is 0.217. The third kappa shape index (κ3) is 18.5. The van der Waals surface area contributed by atoms with Gasteiger partial charge in [-0.15, -0.1) is 0 Å². The van der Waals surface area contributed by atoms with Crippen molar-refractivity contribution in [3.05, 3.63) is 0 Å². The fraction of sp³-hybridized carbons (Fsp3) is 1.00. The number of rotatable bonds is 30. The summed E-state index contributed by atoms with van der Waals surface area (Å²) in [6.07, 6.45) is 50.2. The summed E-state index contributed by atoms with van der Waals surface area (Å²) in [6.45, 7) is 9.45. The zero-order chi connectivity index (χ0) is 29.0. The van der Waals surface area contributed by atoms with Crippen molar-refractivity contribution in [1.29, 1.82) is 0 Å². The van der Waals surface area contributed by atoms with E-state index >= 15 is 0 Å². The molecule has 1 aliphatic rings. The van der Waals surface area contributed by atoms with Crippen LogP contribution in [0.5, 0.6) is 0 Å². The Labute approximate surface area is 258 Å². The van der Waals surface area contributed by atoms with E-state index in [9.17, 15) is 0 Å². The molecule has 0 radical (unpaired) electrons. The third-order valence-electron chi connectivity index (χ3n) is 9.96. The molecule has 0 spiro atoms. The van der Waals surface area contributed by atoms with Gasteiger partial charge >= 0.3 is 0 Å². The third-order valence-corrected chi connectivity index (χ3v) is 18.3. The van der Waals surface area contributed by atoms with Gasteiger partial charge in [0.1, 0.15) is 0 Å². The molecule has 0 heterocycles. The Kier molecular flexibility index (Phi) is 27.8. The van der Waals surface area contributed by atoms with Crippen molar-refractivity contribution in [3.63, 3.8) is 0 Å². The van der Waals surface area contributed by atoms with Gasteiger partial charge in [0, 0.05) is 4.90 Å². The van der Waals surface area contributed by atoms with Gasteiger partial charge < -0.3 is 0 Å². The Bertz CT molecular complexity index is 428.